The molecule has 0 saturated heterocycles. The van der Waals surface area contributed by atoms with Gasteiger partial charge < -0.3 is 4.42 Å². The van der Waals surface area contributed by atoms with E-state index in [1.165, 1.54) is 54.6 Å². The number of hydrogen-bond acceptors (Lipinski definition) is 3. The van der Waals surface area contributed by atoms with Crippen LogP contribution in [0.1, 0.15) is 56.6 Å². The molecule has 0 spiro atoms. The van der Waals surface area contributed by atoms with Crippen molar-refractivity contribution >= 4 is 23.0 Å². The molecular weight excluding hydrogens is 304 g/mol. The van der Waals surface area contributed by atoms with E-state index in [1.54, 1.807) is 0 Å². The fourth-order valence-corrected chi connectivity index (χ4v) is 4.18. The summed E-state index contributed by atoms with van der Waals surface area (Å²) in [4.78, 5) is 12.1. The third kappa shape index (κ3) is 4.23. The maximum absolute atomic E-state index is 12.1. The lowest BCUT2D eigenvalue weighted by atomic mass is 9.85. The lowest BCUT2D eigenvalue weighted by molar-refractivity contribution is 0.362. The molecule has 1 fully saturated rings. The van der Waals surface area contributed by atoms with Crippen LogP contribution in [-0.4, -0.2) is 0 Å². The average molecular weight is 328 g/mol. The van der Waals surface area contributed by atoms with Gasteiger partial charge in [0.15, 0.2) is 4.73 Å². The Morgan fingerprint density at radius 2 is 1.91 bits per heavy atom. The molecule has 1 aliphatic carbocycles. The van der Waals surface area contributed by atoms with Gasteiger partial charge in [-0.25, -0.2) is 4.79 Å². The standard InChI is InChI=1S/C20H24O2S/c1-14-8-10-17(11-9-14)13-18-19(21)22-20(23-18)15(2)12-16-6-4-3-5-7-16/h8-11,13,16H,3-7,12H2,1-2H3/b18-13+,20-15+. The molecule has 0 amide bonds. The van der Waals surface area contributed by atoms with E-state index in [-0.39, 0.29) is 5.63 Å². The van der Waals surface area contributed by atoms with E-state index in [1.807, 2.05) is 18.2 Å². The number of hydrogen-bond donors (Lipinski definition) is 0. The van der Waals surface area contributed by atoms with E-state index in [0.29, 0.717) is 4.53 Å². The Labute approximate surface area is 141 Å². The van der Waals surface area contributed by atoms with E-state index in [4.69, 9.17) is 4.42 Å². The van der Waals surface area contributed by atoms with Crippen LogP contribution in [0, 0.1) is 12.8 Å². The van der Waals surface area contributed by atoms with Gasteiger partial charge in [0.05, 0.1) is 0 Å². The highest BCUT2D eigenvalue weighted by Gasteiger charge is 2.14. The van der Waals surface area contributed by atoms with Crippen LogP contribution < -0.4 is 14.9 Å². The van der Waals surface area contributed by atoms with E-state index >= 15 is 0 Å². The zero-order valence-electron chi connectivity index (χ0n) is 13.9. The predicted octanol–water partition coefficient (Wildman–Crippen LogP) is 3.98. The zero-order chi connectivity index (χ0) is 16.2. The van der Waals surface area contributed by atoms with Crippen LogP contribution >= 0.6 is 11.3 Å². The van der Waals surface area contributed by atoms with E-state index in [0.717, 1.165) is 22.6 Å². The Morgan fingerprint density at radius 1 is 1.22 bits per heavy atom. The van der Waals surface area contributed by atoms with Crippen molar-refractivity contribution < 1.29 is 4.42 Å². The molecule has 1 saturated carbocycles. The van der Waals surface area contributed by atoms with Gasteiger partial charge in [-0.15, -0.1) is 0 Å². The summed E-state index contributed by atoms with van der Waals surface area (Å²) in [5, 5.41) is 0. The van der Waals surface area contributed by atoms with Crippen LogP contribution in [-0.2, 0) is 0 Å². The second-order valence-corrected chi connectivity index (χ2v) is 7.70. The van der Waals surface area contributed by atoms with Crippen molar-refractivity contribution in [3.8, 4) is 0 Å². The Morgan fingerprint density at radius 3 is 2.61 bits per heavy atom. The molecule has 1 aromatic carbocycles. The lowest BCUT2D eigenvalue weighted by Gasteiger charge is -2.21. The molecule has 1 heterocycles. The first-order chi connectivity index (χ1) is 11.1. The van der Waals surface area contributed by atoms with Crippen LogP contribution in [0.4, 0.5) is 0 Å². The smallest absolute Gasteiger partial charge is 0.354 e. The molecule has 0 aliphatic heterocycles. The highest BCUT2D eigenvalue weighted by atomic mass is 32.1. The van der Waals surface area contributed by atoms with Crippen LogP contribution in [0.3, 0.4) is 0 Å². The van der Waals surface area contributed by atoms with Crippen molar-refractivity contribution in [1.82, 2.24) is 0 Å². The normalized spacial score (nSPS) is 18.3. The van der Waals surface area contributed by atoms with Crippen molar-refractivity contribution in [2.24, 2.45) is 5.92 Å². The van der Waals surface area contributed by atoms with Gasteiger partial charge in [-0.2, -0.15) is 0 Å². The second-order valence-electron chi connectivity index (χ2n) is 6.69. The highest BCUT2D eigenvalue weighted by molar-refractivity contribution is 7.07. The molecule has 1 aromatic heterocycles. The van der Waals surface area contributed by atoms with E-state index < -0.39 is 0 Å². The molecule has 0 atom stereocenters. The van der Waals surface area contributed by atoms with E-state index in [2.05, 4.69) is 26.0 Å². The van der Waals surface area contributed by atoms with Crippen molar-refractivity contribution in [2.45, 2.75) is 52.4 Å². The molecule has 0 radical (unpaired) electrons. The largest absolute Gasteiger partial charge is 0.411 e. The minimum atomic E-state index is -0.214. The van der Waals surface area contributed by atoms with Gasteiger partial charge in [-0.1, -0.05) is 73.3 Å². The summed E-state index contributed by atoms with van der Waals surface area (Å²) in [7, 11) is 0. The van der Waals surface area contributed by atoms with Crippen LogP contribution in [0.2, 0.25) is 0 Å². The minimum absolute atomic E-state index is 0.214. The summed E-state index contributed by atoms with van der Waals surface area (Å²) in [6.07, 6.45) is 9.68. The summed E-state index contributed by atoms with van der Waals surface area (Å²) >= 11 is 1.48. The minimum Gasteiger partial charge on any atom is -0.411 e. The Hall–Kier alpha value is -1.61. The maximum Gasteiger partial charge on any atom is 0.354 e. The van der Waals surface area contributed by atoms with Crippen LogP contribution in [0.5, 0.6) is 0 Å². The first-order valence-corrected chi connectivity index (χ1v) is 9.31. The van der Waals surface area contributed by atoms with E-state index in [9.17, 15) is 4.79 Å². The third-order valence-corrected chi connectivity index (χ3v) is 5.75. The SMILES string of the molecule is C/C(CC1CCCCC1)=c1/oc(=O)/c(=C\c2ccc(C)cc2)s1. The molecule has 23 heavy (non-hydrogen) atoms. The fraction of sp³-hybridized carbons (Fsp3) is 0.450. The molecule has 2 nitrogen and oxygen atoms in total. The molecule has 3 rings (SSSR count). The van der Waals surface area contributed by atoms with Crippen molar-refractivity contribution in [2.75, 3.05) is 0 Å². The number of aryl methyl sites for hydroxylation is 1. The van der Waals surface area contributed by atoms with Crippen molar-refractivity contribution in [3.05, 3.63) is 55.1 Å². The van der Waals surface area contributed by atoms with Gasteiger partial charge in [-0.05, 0) is 43.4 Å². The predicted molar refractivity (Wildman–Crippen MR) is 97.1 cm³/mol. The lowest BCUT2D eigenvalue weighted by Crippen LogP contribution is -2.15. The molecule has 0 unspecified atom stereocenters. The molecule has 3 heteroatoms. The first-order valence-electron chi connectivity index (χ1n) is 8.50. The third-order valence-electron chi connectivity index (χ3n) is 4.63. The van der Waals surface area contributed by atoms with Gasteiger partial charge in [0.2, 0.25) is 0 Å². The van der Waals surface area contributed by atoms with Crippen LogP contribution in [0.15, 0.2) is 33.5 Å². The zero-order valence-corrected chi connectivity index (χ0v) is 14.7. The molecule has 0 bridgehead atoms. The summed E-state index contributed by atoms with van der Waals surface area (Å²) in [6, 6.07) is 8.18. The van der Waals surface area contributed by atoms with Gasteiger partial charge in [0.1, 0.15) is 4.53 Å². The van der Waals surface area contributed by atoms with Gasteiger partial charge in [-0.3, -0.25) is 0 Å². The quantitative estimate of drug-likeness (QED) is 0.853. The Balaban J connectivity index is 1.88. The summed E-state index contributed by atoms with van der Waals surface area (Å²) < 4.78 is 7.00. The molecule has 122 valence electrons. The van der Waals surface area contributed by atoms with Gasteiger partial charge in [0, 0.05) is 0 Å². The fourth-order valence-electron chi connectivity index (χ4n) is 3.28. The van der Waals surface area contributed by atoms with Gasteiger partial charge in [0.25, 0.3) is 0 Å². The molecule has 0 N–H and O–H groups in total. The maximum atomic E-state index is 12.1. The average Bonchev–Trinajstić information content (AvgIpc) is 2.92. The summed E-state index contributed by atoms with van der Waals surface area (Å²) in [5.41, 5.74) is 3.27. The van der Waals surface area contributed by atoms with Crippen molar-refractivity contribution in [3.63, 3.8) is 0 Å². The number of rotatable bonds is 3. The Bertz CT molecular complexity index is 818. The molecular formula is C20H24O2S. The molecule has 1 aliphatic rings. The number of benzene rings is 1. The van der Waals surface area contributed by atoms with Crippen molar-refractivity contribution in [1.29, 1.82) is 0 Å². The summed E-state index contributed by atoms with van der Waals surface area (Å²) in [5.74, 6) is 0.765. The summed E-state index contributed by atoms with van der Waals surface area (Å²) in [6.45, 7) is 4.17. The first kappa shape index (κ1) is 16.3. The second kappa shape index (κ2) is 7.31. The van der Waals surface area contributed by atoms with Crippen LogP contribution in [0.25, 0.3) is 11.6 Å². The Kier molecular flexibility index (Phi) is 5.16. The highest BCUT2D eigenvalue weighted by Crippen LogP contribution is 2.28. The van der Waals surface area contributed by atoms with Gasteiger partial charge >= 0.3 is 5.63 Å². The molecule has 2 aromatic rings. The topological polar surface area (TPSA) is 30.2 Å². The monoisotopic (exact) mass is 328 g/mol.